The number of rotatable bonds is 12. The fraction of sp³-hybridized carbons (Fsp3) is 0.212. The number of benzene rings is 4. The number of carbonyl (C=O) groups is 2. The zero-order valence-corrected chi connectivity index (χ0v) is 25.1. The lowest BCUT2D eigenvalue weighted by Gasteiger charge is -2.33. The van der Waals surface area contributed by atoms with Crippen molar-refractivity contribution in [3.63, 3.8) is 0 Å². The van der Waals surface area contributed by atoms with Gasteiger partial charge in [0, 0.05) is 13.6 Å². The summed E-state index contributed by atoms with van der Waals surface area (Å²) in [6.45, 7) is 3.01. The first-order chi connectivity index (χ1) is 20.6. The van der Waals surface area contributed by atoms with Gasteiger partial charge in [-0.2, -0.15) is 0 Å². The summed E-state index contributed by atoms with van der Waals surface area (Å²) < 4.78 is 48.5. The molecule has 10 heteroatoms. The minimum atomic E-state index is -4.21. The topological polar surface area (TPSA) is 96.0 Å². The third kappa shape index (κ3) is 7.78. The van der Waals surface area contributed by atoms with Gasteiger partial charge in [-0.25, -0.2) is 12.8 Å². The molecule has 0 bridgehead atoms. The van der Waals surface area contributed by atoms with Crippen molar-refractivity contribution in [2.75, 3.05) is 17.9 Å². The number of anilines is 1. The Morgan fingerprint density at radius 1 is 0.860 bits per heavy atom. The Morgan fingerprint density at radius 2 is 1.47 bits per heavy atom. The molecular formula is C33H34FN3O5S. The third-order valence-corrected chi connectivity index (χ3v) is 8.68. The molecule has 0 heterocycles. The predicted molar refractivity (Wildman–Crippen MR) is 164 cm³/mol. The number of para-hydroxylation sites is 1. The van der Waals surface area contributed by atoms with Gasteiger partial charge in [-0.15, -0.1) is 0 Å². The summed E-state index contributed by atoms with van der Waals surface area (Å²) in [5.74, 6) is -0.327. The van der Waals surface area contributed by atoms with Gasteiger partial charge in [0.2, 0.25) is 11.8 Å². The van der Waals surface area contributed by atoms with Gasteiger partial charge in [-0.05, 0) is 79.6 Å². The number of nitrogens with zero attached hydrogens (tertiary/aromatic N) is 2. The van der Waals surface area contributed by atoms with Crippen LogP contribution in [0.2, 0.25) is 0 Å². The Bertz CT molecular complexity index is 1630. The quantitative estimate of drug-likeness (QED) is 0.225. The fourth-order valence-electron chi connectivity index (χ4n) is 4.54. The molecule has 8 nitrogen and oxygen atoms in total. The van der Waals surface area contributed by atoms with Crippen molar-refractivity contribution >= 4 is 27.5 Å². The van der Waals surface area contributed by atoms with Crippen molar-refractivity contribution in [1.82, 2.24) is 10.2 Å². The van der Waals surface area contributed by atoms with Crippen LogP contribution in [0.15, 0.2) is 108 Å². The summed E-state index contributed by atoms with van der Waals surface area (Å²) in [7, 11) is -2.74. The second-order valence-electron chi connectivity index (χ2n) is 9.92. The maximum absolute atomic E-state index is 14.0. The summed E-state index contributed by atoms with van der Waals surface area (Å²) in [6.07, 6.45) is 0.281. The molecule has 224 valence electrons. The molecule has 0 radical (unpaired) electrons. The molecule has 4 aromatic carbocycles. The van der Waals surface area contributed by atoms with Crippen LogP contribution in [0.4, 0.5) is 10.1 Å². The van der Waals surface area contributed by atoms with Gasteiger partial charge in [0.1, 0.15) is 29.9 Å². The monoisotopic (exact) mass is 603 g/mol. The van der Waals surface area contributed by atoms with Crippen LogP contribution in [0, 0.1) is 12.7 Å². The number of likely N-dealkylation sites (N-methyl/N-ethyl adjacent to an activating group) is 1. The molecule has 0 fully saturated rings. The molecule has 4 aromatic rings. The van der Waals surface area contributed by atoms with E-state index in [1.54, 1.807) is 55.5 Å². The summed E-state index contributed by atoms with van der Waals surface area (Å²) in [6, 6.07) is 26.6. The van der Waals surface area contributed by atoms with E-state index < -0.39 is 40.2 Å². The molecule has 0 saturated carbocycles. The van der Waals surface area contributed by atoms with Crippen LogP contribution >= 0.6 is 0 Å². The predicted octanol–water partition coefficient (Wildman–Crippen LogP) is 5.68. The van der Waals surface area contributed by atoms with Crippen LogP contribution in [-0.4, -0.2) is 44.8 Å². The lowest BCUT2D eigenvalue weighted by Crippen LogP contribution is -2.51. The zero-order chi connectivity index (χ0) is 31.0. The van der Waals surface area contributed by atoms with E-state index in [2.05, 4.69) is 5.32 Å². The molecule has 0 spiro atoms. The van der Waals surface area contributed by atoms with Crippen LogP contribution in [0.1, 0.15) is 24.5 Å². The summed E-state index contributed by atoms with van der Waals surface area (Å²) in [4.78, 5) is 28.2. The number of amides is 2. The van der Waals surface area contributed by atoms with Crippen LogP contribution in [0.5, 0.6) is 11.5 Å². The number of halogens is 1. The van der Waals surface area contributed by atoms with E-state index in [4.69, 9.17) is 4.74 Å². The lowest BCUT2D eigenvalue weighted by atomic mass is 10.1. The van der Waals surface area contributed by atoms with Crippen molar-refractivity contribution in [1.29, 1.82) is 0 Å². The smallest absolute Gasteiger partial charge is 0.264 e. The average Bonchev–Trinajstić information content (AvgIpc) is 3.01. The maximum atomic E-state index is 14.0. The number of nitrogens with one attached hydrogen (secondary N) is 1. The van der Waals surface area contributed by atoms with Gasteiger partial charge in [0.05, 0.1) is 10.6 Å². The van der Waals surface area contributed by atoms with Gasteiger partial charge in [-0.3, -0.25) is 13.9 Å². The normalized spacial score (nSPS) is 11.8. The molecule has 1 atom stereocenters. The van der Waals surface area contributed by atoms with E-state index in [1.165, 1.54) is 48.3 Å². The van der Waals surface area contributed by atoms with Crippen molar-refractivity contribution in [3.8, 4) is 11.5 Å². The SMILES string of the molecule is CC[C@@H](C(=O)NC)N(Cc1ccc(F)cc1)C(=O)CN(c1ccc(Oc2ccccc2)cc1)S(=O)(=O)c1ccc(C)cc1. The Balaban J connectivity index is 1.72. The highest BCUT2D eigenvalue weighted by atomic mass is 32.2. The lowest BCUT2D eigenvalue weighted by molar-refractivity contribution is -0.140. The average molecular weight is 604 g/mol. The summed E-state index contributed by atoms with van der Waals surface area (Å²) >= 11 is 0. The van der Waals surface area contributed by atoms with Crippen LogP contribution in [0.25, 0.3) is 0 Å². The minimum Gasteiger partial charge on any atom is -0.457 e. The first kappa shape index (κ1) is 31.2. The Morgan fingerprint density at radius 3 is 2.05 bits per heavy atom. The first-order valence-electron chi connectivity index (χ1n) is 13.8. The molecule has 0 aromatic heterocycles. The molecule has 4 rings (SSSR count). The second-order valence-corrected chi connectivity index (χ2v) is 11.8. The fourth-order valence-corrected chi connectivity index (χ4v) is 5.96. The van der Waals surface area contributed by atoms with Crippen LogP contribution in [-0.2, 0) is 26.2 Å². The van der Waals surface area contributed by atoms with Gasteiger partial charge in [-0.1, -0.05) is 55.0 Å². The molecule has 0 aliphatic carbocycles. The minimum absolute atomic E-state index is 0.0129. The summed E-state index contributed by atoms with van der Waals surface area (Å²) in [5, 5.41) is 2.58. The van der Waals surface area contributed by atoms with E-state index in [1.807, 2.05) is 25.1 Å². The molecule has 2 amide bonds. The van der Waals surface area contributed by atoms with Gasteiger partial charge < -0.3 is 15.0 Å². The van der Waals surface area contributed by atoms with E-state index in [0.29, 0.717) is 17.1 Å². The van der Waals surface area contributed by atoms with Crippen molar-refractivity contribution in [2.45, 2.75) is 37.8 Å². The number of hydrogen-bond donors (Lipinski definition) is 1. The number of carbonyl (C=O) groups excluding carboxylic acids is 2. The molecule has 0 saturated heterocycles. The molecule has 0 aliphatic rings. The third-order valence-electron chi connectivity index (χ3n) is 6.89. The second kappa shape index (κ2) is 14.0. The maximum Gasteiger partial charge on any atom is 0.264 e. The first-order valence-corrected chi connectivity index (χ1v) is 15.2. The largest absolute Gasteiger partial charge is 0.457 e. The number of ether oxygens (including phenoxy) is 1. The highest BCUT2D eigenvalue weighted by Crippen LogP contribution is 2.29. The number of hydrogen-bond acceptors (Lipinski definition) is 5. The molecule has 1 N–H and O–H groups in total. The molecule has 43 heavy (non-hydrogen) atoms. The highest BCUT2D eigenvalue weighted by Gasteiger charge is 2.33. The van der Waals surface area contributed by atoms with Crippen LogP contribution in [0.3, 0.4) is 0 Å². The number of sulfonamides is 1. The molecular weight excluding hydrogens is 569 g/mol. The molecule has 0 unspecified atom stereocenters. The van der Waals surface area contributed by atoms with E-state index in [0.717, 1.165) is 9.87 Å². The highest BCUT2D eigenvalue weighted by molar-refractivity contribution is 7.92. The Labute approximate surface area is 251 Å². The van der Waals surface area contributed by atoms with Crippen molar-refractivity contribution < 1.29 is 27.1 Å². The van der Waals surface area contributed by atoms with E-state index in [9.17, 15) is 22.4 Å². The van der Waals surface area contributed by atoms with Crippen LogP contribution < -0.4 is 14.4 Å². The van der Waals surface area contributed by atoms with E-state index in [-0.39, 0.29) is 23.5 Å². The zero-order valence-electron chi connectivity index (χ0n) is 24.2. The van der Waals surface area contributed by atoms with Gasteiger partial charge >= 0.3 is 0 Å². The number of aryl methyl sites for hydroxylation is 1. The Hall–Kier alpha value is -4.70. The van der Waals surface area contributed by atoms with E-state index >= 15 is 0 Å². The van der Waals surface area contributed by atoms with Gasteiger partial charge in [0.15, 0.2) is 0 Å². The standard InChI is InChI=1S/C33H34FN3O5S/c1-4-31(33(39)35-3)36(22-25-12-14-26(34)15-13-25)32(38)23-37(43(40,41)30-20-10-24(2)11-21-30)27-16-18-29(19-17-27)42-28-8-6-5-7-9-28/h5-21,31H,4,22-23H2,1-3H3,(H,35,39)/t31-/m0/s1. The Kier molecular flexibility index (Phi) is 10.2. The van der Waals surface area contributed by atoms with Gasteiger partial charge in [0.25, 0.3) is 10.0 Å². The van der Waals surface area contributed by atoms with Crippen molar-refractivity contribution in [2.24, 2.45) is 0 Å². The summed E-state index contributed by atoms with van der Waals surface area (Å²) in [5.41, 5.74) is 1.71. The molecule has 0 aliphatic heterocycles. The van der Waals surface area contributed by atoms with Crippen molar-refractivity contribution in [3.05, 3.63) is 120 Å².